The Morgan fingerprint density at radius 3 is 2.60 bits per heavy atom. The van der Waals surface area contributed by atoms with E-state index in [2.05, 4.69) is 9.72 Å². The summed E-state index contributed by atoms with van der Waals surface area (Å²) < 4.78 is 31.1. The lowest BCUT2D eigenvalue weighted by atomic mass is 10.0. The van der Waals surface area contributed by atoms with Gasteiger partial charge in [0.1, 0.15) is 5.75 Å². The topological polar surface area (TPSA) is 53.1 Å². The summed E-state index contributed by atoms with van der Waals surface area (Å²) in [6.07, 6.45) is 3.19. The molecule has 0 radical (unpaired) electrons. The highest BCUT2D eigenvalue weighted by atomic mass is 19.3. The molecule has 0 aliphatic heterocycles. The molecule has 20 heavy (non-hydrogen) atoms. The Balaban J connectivity index is 2.45. The largest absolute Gasteiger partial charge is 0.433 e. The molecule has 0 saturated heterocycles. The van der Waals surface area contributed by atoms with Crippen molar-refractivity contribution in [2.24, 2.45) is 11.7 Å². The van der Waals surface area contributed by atoms with Gasteiger partial charge in [-0.15, -0.1) is 0 Å². The maximum Gasteiger partial charge on any atom is 0.387 e. The number of ether oxygens (including phenoxy) is 1. The predicted molar refractivity (Wildman–Crippen MR) is 72.0 cm³/mol. The Morgan fingerprint density at radius 2 is 1.95 bits per heavy atom. The third-order valence-corrected chi connectivity index (χ3v) is 3.07. The predicted octanol–water partition coefficient (Wildman–Crippen LogP) is 3.13. The highest BCUT2D eigenvalue weighted by Crippen LogP contribution is 2.28. The summed E-state index contributed by atoms with van der Waals surface area (Å²) in [5.41, 5.74) is 7.37. The van der Waals surface area contributed by atoms with Crippen LogP contribution in [0.4, 0.5) is 8.78 Å². The number of hydrogen-bond acceptors (Lipinski definition) is 3. The fourth-order valence-electron chi connectivity index (χ4n) is 1.95. The van der Waals surface area contributed by atoms with Gasteiger partial charge in [0, 0.05) is 6.04 Å². The number of imidazole rings is 1. The van der Waals surface area contributed by atoms with Crippen molar-refractivity contribution in [2.75, 3.05) is 0 Å². The van der Waals surface area contributed by atoms with Crippen LogP contribution in [0.3, 0.4) is 0 Å². The molecule has 1 aromatic heterocycles. The van der Waals surface area contributed by atoms with Crippen molar-refractivity contribution in [2.45, 2.75) is 26.5 Å². The van der Waals surface area contributed by atoms with Gasteiger partial charge in [-0.1, -0.05) is 26.0 Å². The van der Waals surface area contributed by atoms with Crippen molar-refractivity contribution in [3.63, 3.8) is 0 Å². The first kappa shape index (κ1) is 14.5. The molecule has 1 atom stereocenters. The lowest BCUT2D eigenvalue weighted by Crippen LogP contribution is -2.20. The van der Waals surface area contributed by atoms with E-state index in [0.29, 0.717) is 5.69 Å². The van der Waals surface area contributed by atoms with Crippen LogP contribution in [-0.4, -0.2) is 16.2 Å². The molecule has 0 aliphatic carbocycles. The zero-order valence-electron chi connectivity index (χ0n) is 11.3. The second-order valence-corrected chi connectivity index (χ2v) is 4.80. The number of hydrogen-bond donors (Lipinski definition) is 1. The Morgan fingerprint density at radius 1 is 1.25 bits per heavy atom. The summed E-state index contributed by atoms with van der Waals surface area (Å²) in [7, 11) is 0. The van der Waals surface area contributed by atoms with E-state index in [-0.39, 0.29) is 17.7 Å². The van der Waals surface area contributed by atoms with E-state index < -0.39 is 6.61 Å². The van der Waals surface area contributed by atoms with Gasteiger partial charge in [0.05, 0.1) is 23.9 Å². The third kappa shape index (κ3) is 2.96. The molecule has 6 heteroatoms. The minimum absolute atomic E-state index is 0.0951. The maximum atomic E-state index is 12.5. The monoisotopic (exact) mass is 281 g/mol. The van der Waals surface area contributed by atoms with Gasteiger partial charge in [-0.3, -0.25) is 4.57 Å². The van der Waals surface area contributed by atoms with E-state index in [1.807, 2.05) is 13.8 Å². The van der Waals surface area contributed by atoms with Gasteiger partial charge < -0.3 is 10.5 Å². The average Bonchev–Trinajstić information content (AvgIpc) is 2.86. The van der Waals surface area contributed by atoms with Gasteiger partial charge >= 0.3 is 6.61 Å². The molecule has 4 nitrogen and oxygen atoms in total. The SMILES string of the molecule is CC(C)C(N)c1cncn1-c1ccccc1OC(F)F. The molecule has 1 heterocycles. The molecule has 0 aliphatic rings. The van der Waals surface area contributed by atoms with Crippen LogP contribution in [0.25, 0.3) is 5.69 Å². The molecular weight excluding hydrogens is 264 g/mol. The normalized spacial score (nSPS) is 12.9. The van der Waals surface area contributed by atoms with Crippen molar-refractivity contribution >= 4 is 0 Å². The van der Waals surface area contributed by atoms with Crippen molar-refractivity contribution < 1.29 is 13.5 Å². The summed E-state index contributed by atoms with van der Waals surface area (Å²) in [4.78, 5) is 4.06. The lowest BCUT2D eigenvalue weighted by molar-refractivity contribution is -0.0498. The van der Waals surface area contributed by atoms with Gasteiger partial charge in [0.2, 0.25) is 0 Å². The summed E-state index contributed by atoms with van der Waals surface area (Å²) in [6, 6.07) is 6.33. The zero-order valence-corrected chi connectivity index (χ0v) is 11.3. The minimum Gasteiger partial charge on any atom is -0.433 e. The number of benzene rings is 1. The molecule has 1 unspecified atom stereocenters. The molecule has 2 N–H and O–H groups in total. The number of nitrogens with zero attached hydrogens (tertiary/aromatic N) is 2. The molecule has 0 fully saturated rings. The van der Waals surface area contributed by atoms with E-state index in [9.17, 15) is 8.78 Å². The first-order valence-electron chi connectivity index (χ1n) is 6.32. The first-order valence-corrected chi connectivity index (χ1v) is 6.32. The average molecular weight is 281 g/mol. The standard InChI is InChI=1S/C14H17F2N3O/c1-9(2)13(17)11-7-18-8-19(11)10-5-3-4-6-12(10)20-14(15)16/h3-9,13-14H,17H2,1-2H3. The quantitative estimate of drug-likeness (QED) is 0.916. The van der Waals surface area contributed by atoms with Crippen LogP contribution in [0.15, 0.2) is 36.8 Å². The molecule has 2 rings (SSSR count). The second kappa shape index (κ2) is 6.00. The van der Waals surface area contributed by atoms with Gasteiger partial charge in [0.15, 0.2) is 0 Å². The summed E-state index contributed by atoms with van der Waals surface area (Å²) >= 11 is 0. The van der Waals surface area contributed by atoms with Crippen molar-refractivity contribution in [1.29, 1.82) is 0 Å². The molecule has 1 aromatic carbocycles. The van der Waals surface area contributed by atoms with Crippen LogP contribution in [0.2, 0.25) is 0 Å². The summed E-state index contributed by atoms with van der Waals surface area (Å²) in [5, 5.41) is 0. The third-order valence-electron chi connectivity index (χ3n) is 3.07. The van der Waals surface area contributed by atoms with E-state index in [4.69, 9.17) is 5.73 Å². The second-order valence-electron chi connectivity index (χ2n) is 4.80. The molecule has 108 valence electrons. The smallest absolute Gasteiger partial charge is 0.387 e. The van der Waals surface area contributed by atoms with Crippen molar-refractivity contribution in [1.82, 2.24) is 9.55 Å². The number of aromatic nitrogens is 2. The highest BCUT2D eigenvalue weighted by molar-refractivity contribution is 5.47. The van der Waals surface area contributed by atoms with Gasteiger partial charge in [-0.05, 0) is 18.1 Å². The molecule has 0 spiro atoms. The number of para-hydroxylation sites is 2. The van der Waals surface area contributed by atoms with Crippen LogP contribution >= 0.6 is 0 Å². The van der Waals surface area contributed by atoms with E-state index >= 15 is 0 Å². The van der Waals surface area contributed by atoms with Crippen LogP contribution < -0.4 is 10.5 Å². The van der Waals surface area contributed by atoms with E-state index in [0.717, 1.165) is 5.69 Å². The zero-order chi connectivity index (χ0) is 14.7. The number of rotatable bonds is 5. The van der Waals surface area contributed by atoms with Gasteiger partial charge in [-0.2, -0.15) is 8.78 Å². The van der Waals surface area contributed by atoms with Crippen LogP contribution in [0.1, 0.15) is 25.6 Å². The van der Waals surface area contributed by atoms with E-state index in [1.165, 1.54) is 6.07 Å². The van der Waals surface area contributed by atoms with Crippen LogP contribution in [-0.2, 0) is 0 Å². The van der Waals surface area contributed by atoms with Gasteiger partial charge in [-0.25, -0.2) is 4.98 Å². The highest BCUT2D eigenvalue weighted by Gasteiger charge is 2.18. The molecule has 2 aromatic rings. The minimum atomic E-state index is -2.87. The van der Waals surface area contributed by atoms with Crippen molar-refractivity contribution in [3.8, 4) is 11.4 Å². The number of nitrogens with two attached hydrogens (primary N) is 1. The molecule has 0 bridgehead atoms. The first-order chi connectivity index (χ1) is 9.50. The Labute approximate surface area is 116 Å². The molecule has 0 amide bonds. The van der Waals surface area contributed by atoms with Crippen LogP contribution in [0.5, 0.6) is 5.75 Å². The molecular formula is C14H17F2N3O. The van der Waals surface area contributed by atoms with E-state index in [1.54, 1.807) is 35.3 Å². The number of alkyl halides is 2. The Kier molecular flexibility index (Phi) is 4.34. The van der Waals surface area contributed by atoms with Crippen molar-refractivity contribution in [3.05, 3.63) is 42.5 Å². The van der Waals surface area contributed by atoms with Crippen LogP contribution in [0, 0.1) is 5.92 Å². The molecule has 0 saturated carbocycles. The summed E-state index contributed by atoms with van der Waals surface area (Å²) in [6.45, 7) is 1.11. The maximum absolute atomic E-state index is 12.5. The lowest BCUT2D eigenvalue weighted by Gasteiger charge is -2.19. The Bertz CT molecular complexity index is 569. The summed E-state index contributed by atoms with van der Waals surface area (Å²) in [5.74, 6) is 0.298. The number of halogens is 2. The Hall–Kier alpha value is -1.95. The van der Waals surface area contributed by atoms with Gasteiger partial charge in [0.25, 0.3) is 0 Å². The fourth-order valence-corrected chi connectivity index (χ4v) is 1.95. The fraction of sp³-hybridized carbons (Fsp3) is 0.357.